The van der Waals surface area contributed by atoms with Crippen LogP contribution in [0.3, 0.4) is 0 Å². The Morgan fingerprint density at radius 1 is 1.06 bits per heavy atom. The van der Waals surface area contributed by atoms with Crippen molar-refractivity contribution in [1.82, 2.24) is 9.21 Å². The van der Waals surface area contributed by atoms with Crippen molar-refractivity contribution < 1.29 is 22.7 Å². The van der Waals surface area contributed by atoms with Crippen molar-refractivity contribution >= 4 is 27.3 Å². The molecule has 4 rings (SSSR count). The second-order valence-electron chi connectivity index (χ2n) is 8.92. The largest absolute Gasteiger partial charge is 0.491 e. The van der Waals surface area contributed by atoms with Crippen LogP contribution in [0.5, 0.6) is 5.75 Å². The minimum absolute atomic E-state index is 0.0839. The molecule has 9 heteroatoms. The molecular weight excluding hydrogens is 496 g/mol. The predicted octanol–water partition coefficient (Wildman–Crippen LogP) is 4.21. The van der Waals surface area contributed by atoms with Crippen LogP contribution in [0.1, 0.15) is 27.6 Å². The van der Waals surface area contributed by atoms with Crippen LogP contribution in [0.15, 0.2) is 64.9 Å². The van der Waals surface area contributed by atoms with E-state index in [1.165, 1.54) is 16.3 Å². The Bertz CT molecular complexity index is 1270. The zero-order valence-corrected chi connectivity index (χ0v) is 22.5. The third-order valence-electron chi connectivity index (χ3n) is 6.36. The highest BCUT2D eigenvalue weighted by molar-refractivity contribution is 7.89. The summed E-state index contributed by atoms with van der Waals surface area (Å²) < 4.78 is 39.3. The maximum absolute atomic E-state index is 13.6. The quantitative estimate of drug-likeness (QED) is 0.394. The number of benzene rings is 2. The third-order valence-corrected chi connectivity index (χ3v) is 9.22. The van der Waals surface area contributed by atoms with Crippen molar-refractivity contribution in [1.29, 1.82) is 0 Å². The molecule has 36 heavy (non-hydrogen) atoms. The van der Waals surface area contributed by atoms with E-state index in [2.05, 4.69) is 0 Å². The lowest BCUT2D eigenvalue weighted by molar-refractivity contribution is -0.135. The Hall–Kier alpha value is -2.72. The number of rotatable bonds is 10. The minimum atomic E-state index is -3.87. The zero-order chi connectivity index (χ0) is 25.7. The van der Waals surface area contributed by atoms with E-state index in [1.54, 1.807) is 40.5 Å². The number of hydrogen-bond acceptors (Lipinski definition) is 6. The molecule has 1 aliphatic rings. The molecule has 192 valence electrons. The first-order chi connectivity index (χ1) is 17.3. The number of methoxy groups -OCH3 is 1. The van der Waals surface area contributed by atoms with E-state index in [1.807, 2.05) is 49.6 Å². The number of thiophene rings is 1. The monoisotopic (exact) mass is 528 g/mol. The average Bonchev–Trinajstić information content (AvgIpc) is 3.35. The summed E-state index contributed by atoms with van der Waals surface area (Å²) in [5, 5.41) is 2.03. The molecule has 0 bridgehead atoms. The summed E-state index contributed by atoms with van der Waals surface area (Å²) in [7, 11) is -2.36. The van der Waals surface area contributed by atoms with Gasteiger partial charge in [-0.2, -0.15) is 4.31 Å². The standard InChI is InChI=1S/C27H32N2O5S2/c1-20-4-8-22(9-5-20)34-19-25-24-13-17-35-26(24)12-14-29(25)27(30)18-28(15-16-33-3)36(31,32)23-10-6-21(2)7-11-23/h4-11,13,17,25H,12,14-16,18-19H2,1-3H3. The molecule has 1 amide bonds. The van der Waals surface area contributed by atoms with Gasteiger partial charge in [-0.15, -0.1) is 11.3 Å². The molecule has 1 aliphatic heterocycles. The second kappa shape index (κ2) is 11.6. The van der Waals surface area contributed by atoms with Gasteiger partial charge in [-0.1, -0.05) is 35.4 Å². The van der Waals surface area contributed by atoms with Gasteiger partial charge in [0, 0.05) is 25.1 Å². The molecule has 1 aromatic heterocycles. The maximum atomic E-state index is 13.6. The molecule has 2 heterocycles. The zero-order valence-electron chi connectivity index (χ0n) is 20.8. The van der Waals surface area contributed by atoms with Crippen LogP contribution in [-0.2, 0) is 26.0 Å². The van der Waals surface area contributed by atoms with Crippen LogP contribution < -0.4 is 4.74 Å². The summed E-state index contributed by atoms with van der Waals surface area (Å²) in [4.78, 5) is 16.8. The molecule has 1 unspecified atom stereocenters. The SMILES string of the molecule is COCCN(CC(=O)N1CCc2sccc2C1COc1ccc(C)cc1)S(=O)(=O)c1ccc(C)cc1. The molecule has 0 saturated heterocycles. The lowest BCUT2D eigenvalue weighted by Crippen LogP contribution is -2.48. The first-order valence-electron chi connectivity index (χ1n) is 11.9. The molecule has 2 aromatic carbocycles. The van der Waals surface area contributed by atoms with E-state index in [-0.39, 0.29) is 36.5 Å². The van der Waals surface area contributed by atoms with E-state index in [4.69, 9.17) is 9.47 Å². The normalized spacial score (nSPS) is 15.7. The van der Waals surface area contributed by atoms with E-state index >= 15 is 0 Å². The molecule has 0 saturated carbocycles. The molecule has 7 nitrogen and oxygen atoms in total. The summed E-state index contributed by atoms with van der Waals surface area (Å²) >= 11 is 1.68. The molecule has 0 spiro atoms. The van der Waals surface area contributed by atoms with Crippen LogP contribution in [0.25, 0.3) is 0 Å². The highest BCUT2D eigenvalue weighted by Gasteiger charge is 2.35. The summed E-state index contributed by atoms with van der Waals surface area (Å²) in [6.45, 7) is 4.73. The van der Waals surface area contributed by atoms with E-state index in [0.29, 0.717) is 13.2 Å². The van der Waals surface area contributed by atoms with E-state index < -0.39 is 10.0 Å². The van der Waals surface area contributed by atoms with Gasteiger partial charge in [0.25, 0.3) is 0 Å². The Morgan fingerprint density at radius 2 is 1.72 bits per heavy atom. The number of nitrogens with zero attached hydrogens (tertiary/aromatic N) is 2. The maximum Gasteiger partial charge on any atom is 0.243 e. The van der Waals surface area contributed by atoms with Gasteiger partial charge >= 0.3 is 0 Å². The molecule has 0 aliphatic carbocycles. The van der Waals surface area contributed by atoms with Gasteiger partial charge in [0.15, 0.2) is 0 Å². The van der Waals surface area contributed by atoms with Crippen molar-refractivity contribution in [2.24, 2.45) is 0 Å². The van der Waals surface area contributed by atoms with Gasteiger partial charge < -0.3 is 14.4 Å². The summed E-state index contributed by atoms with van der Waals surface area (Å²) in [6.07, 6.45) is 0.739. The smallest absolute Gasteiger partial charge is 0.243 e. The van der Waals surface area contributed by atoms with Gasteiger partial charge in [0.05, 0.1) is 24.1 Å². The Kier molecular flexibility index (Phi) is 8.46. The fraction of sp³-hybridized carbons (Fsp3) is 0.370. The molecule has 0 fully saturated rings. The van der Waals surface area contributed by atoms with Crippen molar-refractivity contribution in [2.45, 2.75) is 31.2 Å². The summed E-state index contributed by atoms with van der Waals surface area (Å²) in [6, 6.07) is 16.2. The van der Waals surface area contributed by atoms with Crippen LogP contribution in [0.4, 0.5) is 0 Å². The Labute approximate surface area is 217 Å². The number of amides is 1. The summed E-state index contributed by atoms with van der Waals surface area (Å²) in [5.41, 5.74) is 3.17. The van der Waals surface area contributed by atoms with E-state index in [9.17, 15) is 13.2 Å². The molecule has 3 aromatic rings. The Balaban J connectivity index is 1.55. The minimum Gasteiger partial charge on any atom is -0.491 e. The number of sulfonamides is 1. The Morgan fingerprint density at radius 3 is 2.39 bits per heavy atom. The van der Waals surface area contributed by atoms with Crippen LogP contribution in [0.2, 0.25) is 0 Å². The fourth-order valence-corrected chi connectivity index (χ4v) is 6.56. The van der Waals surface area contributed by atoms with Gasteiger partial charge in [0.1, 0.15) is 12.4 Å². The number of carbonyl (C=O) groups is 1. The number of aryl methyl sites for hydroxylation is 2. The molecule has 1 atom stereocenters. The average molecular weight is 529 g/mol. The predicted molar refractivity (Wildman–Crippen MR) is 141 cm³/mol. The molecule has 0 N–H and O–H groups in total. The topological polar surface area (TPSA) is 76.2 Å². The fourth-order valence-electron chi connectivity index (χ4n) is 4.26. The van der Waals surface area contributed by atoms with Crippen molar-refractivity contribution in [3.63, 3.8) is 0 Å². The number of hydrogen-bond donors (Lipinski definition) is 0. The van der Waals surface area contributed by atoms with Gasteiger partial charge in [-0.3, -0.25) is 4.79 Å². The van der Waals surface area contributed by atoms with Crippen LogP contribution in [0, 0.1) is 13.8 Å². The molecular formula is C27H32N2O5S2. The van der Waals surface area contributed by atoms with Crippen molar-refractivity contribution in [3.05, 3.63) is 81.5 Å². The first-order valence-corrected chi connectivity index (χ1v) is 14.2. The van der Waals surface area contributed by atoms with Crippen molar-refractivity contribution in [3.8, 4) is 5.75 Å². The third kappa shape index (κ3) is 5.98. The second-order valence-corrected chi connectivity index (χ2v) is 11.9. The summed E-state index contributed by atoms with van der Waals surface area (Å²) in [5.74, 6) is 0.482. The van der Waals surface area contributed by atoms with E-state index in [0.717, 1.165) is 28.9 Å². The highest BCUT2D eigenvalue weighted by atomic mass is 32.2. The van der Waals surface area contributed by atoms with Crippen LogP contribution >= 0.6 is 11.3 Å². The number of ether oxygens (including phenoxy) is 2. The van der Waals surface area contributed by atoms with Crippen molar-refractivity contribution in [2.75, 3.05) is 40.0 Å². The van der Waals surface area contributed by atoms with Gasteiger partial charge in [-0.25, -0.2) is 8.42 Å². The van der Waals surface area contributed by atoms with Gasteiger partial charge in [0.2, 0.25) is 15.9 Å². The molecule has 0 radical (unpaired) electrons. The highest BCUT2D eigenvalue weighted by Crippen LogP contribution is 2.34. The van der Waals surface area contributed by atoms with Gasteiger partial charge in [-0.05, 0) is 61.5 Å². The lowest BCUT2D eigenvalue weighted by Gasteiger charge is -2.37. The number of carbonyl (C=O) groups excluding carboxylic acids is 1. The lowest BCUT2D eigenvalue weighted by atomic mass is 10.0. The van der Waals surface area contributed by atoms with Crippen LogP contribution in [-0.4, -0.2) is 63.5 Å². The number of fused-ring (bicyclic) bond motifs is 1. The first kappa shape index (κ1) is 26.3.